The van der Waals surface area contributed by atoms with Crippen molar-refractivity contribution >= 4 is 5.69 Å². The van der Waals surface area contributed by atoms with Crippen LogP contribution in [0.2, 0.25) is 0 Å². The Morgan fingerprint density at radius 2 is 2.05 bits per heavy atom. The van der Waals surface area contributed by atoms with Crippen LogP contribution in [0, 0.1) is 0 Å². The lowest BCUT2D eigenvalue weighted by atomic mass is 9.93. The summed E-state index contributed by atoms with van der Waals surface area (Å²) in [7, 11) is 1.75. The van der Waals surface area contributed by atoms with Crippen molar-refractivity contribution in [1.82, 2.24) is 5.32 Å². The number of hydrogen-bond donors (Lipinski definition) is 1. The summed E-state index contributed by atoms with van der Waals surface area (Å²) in [6.45, 7) is 3.17. The average molecular weight is 260 g/mol. The standard InChI is InChI=1S/C16H24N2O/c1-19-15-8-7-13-12-17-9-10-18(16(13)11-15)14-5-3-2-4-6-14/h7-8,11,14,17H,2-6,9-10,12H2,1H3. The summed E-state index contributed by atoms with van der Waals surface area (Å²) in [6.07, 6.45) is 6.86. The van der Waals surface area contributed by atoms with Crippen molar-refractivity contribution in [2.75, 3.05) is 25.1 Å². The van der Waals surface area contributed by atoms with Gasteiger partial charge in [-0.25, -0.2) is 0 Å². The molecule has 3 heteroatoms. The van der Waals surface area contributed by atoms with Crippen LogP contribution in [-0.2, 0) is 6.54 Å². The van der Waals surface area contributed by atoms with Crippen LogP contribution in [0.1, 0.15) is 37.7 Å². The Hall–Kier alpha value is -1.22. The van der Waals surface area contributed by atoms with Gasteiger partial charge in [0, 0.05) is 37.4 Å². The lowest BCUT2D eigenvalue weighted by molar-refractivity contribution is 0.408. The molecule has 1 aromatic carbocycles. The van der Waals surface area contributed by atoms with E-state index < -0.39 is 0 Å². The highest BCUT2D eigenvalue weighted by Crippen LogP contribution is 2.33. The summed E-state index contributed by atoms with van der Waals surface area (Å²) in [4.78, 5) is 2.62. The maximum absolute atomic E-state index is 5.41. The zero-order valence-electron chi connectivity index (χ0n) is 11.8. The molecule has 1 aliphatic heterocycles. The Bertz CT molecular complexity index is 427. The minimum Gasteiger partial charge on any atom is -0.497 e. The molecule has 19 heavy (non-hydrogen) atoms. The predicted molar refractivity (Wildman–Crippen MR) is 78.9 cm³/mol. The van der Waals surface area contributed by atoms with Gasteiger partial charge < -0.3 is 15.0 Å². The second kappa shape index (κ2) is 5.83. The SMILES string of the molecule is COc1ccc2c(c1)N(C1CCCCC1)CCNC2. The monoisotopic (exact) mass is 260 g/mol. The molecule has 3 rings (SSSR count). The number of nitrogens with zero attached hydrogens (tertiary/aromatic N) is 1. The summed E-state index contributed by atoms with van der Waals surface area (Å²) in [5, 5.41) is 3.53. The zero-order chi connectivity index (χ0) is 13.1. The summed E-state index contributed by atoms with van der Waals surface area (Å²) >= 11 is 0. The molecule has 0 bridgehead atoms. The van der Waals surface area contributed by atoms with Crippen molar-refractivity contribution in [2.45, 2.75) is 44.7 Å². The van der Waals surface area contributed by atoms with E-state index in [2.05, 4.69) is 28.4 Å². The van der Waals surface area contributed by atoms with Crippen LogP contribution in [0.4, 0.5) is 5.69 Å². The second-order valence-corrected chi connectivity index (χ2v) is 5.66. The quantitative estimate of drug-likeness (QED) is 0.885. The number of fused-ring (bicyclic) bond motifs is 1. The van der Waals surface area contributed by atoms with E-state index in [-0.39, 0.29) is 0 Å². The third-order valence-corrected chi connectivity index (χ3v) is 4.46. The first-order valence-electron chi connectivity index (χ1n) is 7.53. The van der Waals surface area contributed by atoms with Gasteiger partial charge in [-0.2, -0.15) is 0 Å². The average Bonchev–Trinajstić information content (AvgIpc) is 2.69. The number of benzene rings is 1. The Balaban J connectivity index is 1.91. The number of hydrogen-bond acceptors (Lipinski definition) is 3. The van der Waals surface area contributed by atoms with Crippen LogP contribution >= 0.6 is 0 Å². The lowest BCUT2D eigenvalue weighted by Gasteiger charge is -2.36. The van der Waals surface area contributed by atoms with Crippen LogP contribution < -0.4 is 15.0 Å². The lowest BCUT2D eigenvalue weighted by Crippen LogP contribution is -2.39. The molecule has 2 aliphatic rings. The number of methoxy groups -OCH3 is 1. The fourth-order valence-electron chi connectivity index (χ4n) is 3.40. The number of rotatable bonds is 2. The minimum atomic E-state index is 0.722. The molecule has 0 unspecified atom stereocenters. The van der Waals surface area contributed by atoms with Crippen molar-refractivity contribution in [3.05, 3.63) is 23.8 Å². The molecule has 0 atom stereocenters. The highest BCUT2D eigenvalue weighted by Gasteiger charge is 2.24. The predicted octanol–water partition coefficient (Wildman–Crippen LogP) is 2.94. The third-order valence-electron chi connectivity index (χ3n) is 4.46. The van der Waals surface area contributed by atoms with Crippen LogP contribution in [0.25, 0.3) is 0 Å². The van der Waals surface area contributed by atoms with Gasteiger partial charge in [-0.05, 0) is 24.5 Å². The van der Waals surface area contributed by atoms with Gasteiger partial charge in [-0.1, -0.05) is 25.3 Å². The number of nitrogens with one attached hydrogen (secondary N) is 1. The van der Waals surface area contributed by atoms with E-state index in [0.29, 0.717) is 0 Å². The van der Waals surface area contributed by atoms with Gasteiger partial charge >= 0.3 is 0 Å². The summed E-state index contributed by atoms with van der Waals surface area (Å²) in [5.41, 5.74) is 2.79. The molecule has 1 heterocycles. The van der Waals surface area contributed by atoms with Crippen molar-refractivity contribution in [1.29, 1.82) is 0 Å². The molecule has 0 saturated heterocycles. The maximum Gasteiger partial charge on any atom is 0.120 e. The molecular weight excluding hydrogens is 236 g/mol. The molecule has 0 radical (unpaired) electrons. The van der Waals surface area contributed by atoms with E-state index in [1.165, 1.54) is 43.4 Å². The van der Waals surface area contributed by atoms with Crippen molar-refractivity contribution < 1.29 is 4.74 Å². The smallest absolute Gasteiger partial charge is 0.120 e. The number of anilines is 1. The van der Waals surface area contributed by atoms with E-state index in [9.17, 15) is 0 Å². The van der Waals surface area contributed by atoms with Gasteiger partial charge in [0.05, 0.1) is 7.11 Å². The van der Waals surface area contributed by atoms with Crippen molar-refractivity contribution in [3.8, 4) is 5.75 Å². The van der Waals surface area contributed by atoms with E-state index >= 15 is 0 Å². The van der Waals surface area contributed by atoms with E-state index in [0.717, 1.165) is 31.4 Å². The van der Waals surface area contributed by atoms with Crippen LogP contribution in [-0.4, -0.2) is 26.2 Å². The first-order chi connectivity index (χ1) is 9.38. The van der Waals surface area contributed by atoms with Crippen molar-refractivity contribution in [3.63, 3.8) is 0 Å². The Labute approximate surface area is 115 Å². The molecule has 1 saturated carbocycles. The highest BCUT2D eigenvalue weighted by atomic mass is 16.5. The molecule has 1 N–H and O–H groups in total. The molecule has 0 aromatic heterocycles. The van der Waals surface area contributed by atoms with Crippen LogP contribution in [0.3, 0.4) is 0 Å². The summed E-state index contributed by atoms with van der Waals surface area (Å²) in [6, 6.07) is 7.23. The molecule has 0 spiro atoms. The number of ether oxygens (including phenoxy) is 1. The topological polar surface area (TPSA) is 24.5 Å². The van der Waals surface area contributed by atoms with E-state index in [1.54, 1.807) is 7.11 Å². The van der Waals surface area contributed by atoms with Crippen molar-refractivity contribution in [2.24, 2.45) is 0 Å². The third kappa shape index (κ3) is 2.71. The first kappa shape index (κ1) is 12.8. The Morgan fingerprint density at radius 1 is 1.21 bits per heavy atom. The van der Waals surface area contributed by atoms with Crippen LogP contribution in [0.15, 0.2) is 18.2 Å². The summed E-state index contributed by atoms with van der Waals surface area (Å²) < 4.78 is 5.41. The normalized spacial score (nSPS) is 20.8. The van der Waals surface area contributed by atoms with E-state index in [1.807, 2.05) is 0 Å². The van der Waals surface area contributed by atoms with Gasteiger partial charge in [0.2, 0.25) is 0 Å². The fraction of sp³-hybridized carbons (Fsp3) is 0.625. The van der Waals surface area contributed by atoms with Gasteiger partial charge in [0.25, 0.3) is 0 Å². The minimum absolute atomic E-state index is 0.722. The largest absolute Gasteiger partial charge is 0.497 e. The first-order valence-corrected chi connectivity index (χ1v) is 7.53. The molecule has 0 amide bonds. The molecule has 1 aliphatic carbocycles. The van der Waals surface area contributed by atoms with Gasteiger partial charge in [-0.3, -0.25) is 0 Å². The van der Waals surface area contributed by atoms with Gasteiger partial charge in [0.1, 0.15) is 5.75 Å². The molecule has 3 nitrogen and oxygen atoms in total. The van der Waals surface area contributed by atoms with E-state index in [4.69, 9.17) is 4.74 Å². The second-order valence-electron chi connectivity index (χ2n) is 5.66. The zero-order valence-corrected chi connectivity index (χ0v) is 11.8. The molecular formula is C16H24N2O. The van der Waals surface area contributed by atoms with Gasteiger partial charge in [-0.15, -0.1) is 0 Å². The maximum atomic E-state index is 5.41. The molecule has 1 aromatic rings. The molecule has 1 fully saturated rings. The Kier molecular flexibility index (Phi) is 3.92. The summed E-state index contributed by atoms with van der Waals surface area (Å²) in [5.74, 6) is 0.974. The Morgan fingerprint density at radius 3 is 2.84 bits per heavy atom. The fourth-order valence-corrected chi connectivity index (χ4v) is 3.40. The highest BCUT2D eigenvalue weighted by molar-refractivity contribution is 5.58. The molecule has 104 valence electrons. The van der Waals surface area contributed by atoms with Gasteiger partial charge in [0.15, 0.2) is 0 Å². The van der Waals surface area contributed by atoms with Crippen LogP contribution in [0.5, 0.6) is 5.75 Å².